The van der Waals surface area contributed by atoms with Crippen molar-refractivity contribution in [2.24, 2.45) is 0 Å². The fraction of sp³-hybridized carbons (Fsp3) is 0.238. The molecule has 0 spiro atoms. The molecule has 0 fully saturated rings. The van der Waals surface area contributed by atoms with Crippen molar-refractivity contribution >= 4 is 23.4 Å². The molecule has 0 saturated carbocycles. The maximum Gasteiger partial charge on any atom is 0.429 e. The minimum absolute atomic E-state index is 0.162. The number of rotatable bonds is 6. The Morgan fingerprint density at radius 3 is 2.40 bits per heavy atom. The summed E-state index contributed by atoms with van der Waals surface area (Å²) in [6.45, 7) is 1.78. The highest BCUT2D eigenvalue weighted by atomic mass is 35.5. The zero-order valence-corrected chi connectivity index (χ0v) is 16.6. The van der Waals surface area contributed by atoms with E-state index in [4.69, 9.17) is 20.9 Å². The number of carbonyl (C=O) groups is 1. The molecule has 1 aromatic heterocycles. The molecular formula is C21H18ClF3N2O3. The molecule has 0 aliphatic carbocycles. The van der Waals surface area contributed by atoms with Crippen molar-refractivity contribution in [3.05, 3.63) is 71.4 Å². The van der Waals surface area contributed by atoms with Gasteiger partial charge in [0.2, 0.25) is 6.10 Å². The van der Waals surface area contributed by atoms with Gasteiger partial charge in [-0.2, -0.15) is 13.2 Å². The number of aryl methyl sites for hydroxylation is 1. The number of alkyl halides is 4. The van der Waals surface area contributed by atoms with Gasteiger partial charge in [0.15, 0.2) is 5.76 Å². The molecule has 0 aliphatic rings. The molecule has 1 amide bonds. The molecule has 0 bridgehead atoms. The second-order valence-corrected chi connectivity index (χ2v) is 6.65. The number of halogens is 4. The number of anilines is 1. The van der Waals surface area contributed by atoms with Crippen LogP contribution < -0.4 is 5.32 Å². The predicted octanol–water partition coefficient (Wildman–Crippen LogP) is 6.49. The van der Waals surface area contributed by atoms with Gasteiger partial charge in [0.1, 0.15) is 11.4 Å². The fourth-order valence-electron chi connectivity index (χ4n) is 2.83. The molecular weight excluding hydrogens is 421 g/mol. The monoisotopic (exact) mass is 438 g/mol. The van der Waals surface area contributed by atoms with E-state index in [2.05, 4.69) is 10.5 Å². The zero-order chi connectivity index (χ0) is 21.7. The van der Waals surface area contributed by atoms with E-state index >= 15 is 0 Å². The van der Waals surface area contributed by atoms with E-state index in [-0.39, 0.29) is 17.0 Å². The third-order valence-corrected chi connectivity index (χ3v) is 4.63. The highest BCUT2D eigenvalue weighted by molar-refractivity contribution is 6.17. The second kappa shape index (κ2) is 9.21. The average molecular weight is 439 g/mol. The van der Waals surface area contributed by atoms with Crippen molar-refractivity contribution in [2.75, 3.05) is 5.32 Å². The SMILES string of the molecule is CCc1noc(-c2ccc(CCl)cc2)c1NC(=O)OC(c1ccccc1)C(F)(F)F. The van der Waals surface area contributed by atoms with Gasteiger partial charge < -0.3 is 9.26 Å². The van der Waals surface area contributed by atoms with Gasteiger partial charge in [-0.05, 0) is 12.0 Å². The number of ether oxygens (including phenoxy) is 1. The van der Waals surface area contributed by atoms with Crippen LogP contribution in [0.25, 0.3) is 11.3 Å². The number of nitrogens with zero attached hydrogens (tertiary/aromatic N) is 1. The first-order valence-corrected chi connectivity index (χ1v) is 9.60. The number of hydrogen-bond acceptors (Lipinski definition) is 4. The molecule has 3 aromatic rings. The summed E-state index contributed by atoms with van der Waals surface area (Å²) in [7, 11) is 0. The first kappa shape index (κ1) is 21.7. The van der Waals surface area contributed by atoms with Crippen LogP contribution in [0.2, 0.25) is 0 Å². The van der Waals surface area contributed by atoms with Crippen molar-refractivity contribution < 1.29 is 27.2 Å². The van der Waals surface area contributed by atoms with Gasteiger partial charge >= 0.3 is 12.3 Å². The van der Waals surface area contributed by atoms with Crippen LogP contribution in [0.4, 0.5) is 23.7 Å². The van der Waals surface area contributed by atoms with Crippen LogP contribution in [0, 0.1) is 0 Å². The molecule has 1 heterocycles. The fourth-order valence-corrected chi connectivity index (χ4v) is 3.00. The Balaban J connectivity index is 1.86. The number of amides is 1. The maximum atomic E-state index is 13.5. The highest BCUT2D eigenvalue weighted by Crippen LogP contribution is 2.37. The average Bonchev–Trinajstić information content (AvgIpc) is 3.14. The van der Waals surface area contributed by atoms with Gasteiger partial charge in [-0.15, -0.1) is 11.6 Å². The van der Waals surface area contributed by atoms with Crippen molar-refractivity contribution in [3.63, 3.8) is 0 Å². The van der Waals surface area contributed by atoms with Crippen LogP contribution in [0.1, 0.15) is 29.8 Å². The first-order chi connectivity index (χ1) is 14.3. The third kappa shape index (κ3) is 4.94. The number of carbonyl (C=O) groups excluding carboxylic acids is 1. The molecule has 9 heteroatoms. The molecule has 158 valence electrons. The van der Waals surface area contributed by atoms with Crippen LogP contribution in [-0.4, -0.2) is 17.4 Å². The van der Waals surface area contributed by atoms with E-state index in [1.807, 2.05) is 0 Å². The normalized spacial score (nSPS) is 12.4. The van der Waals surface area contributed by atoms with E-state index < -0.39 is 18.4 Å². The summed E-state index contributed by atoms with van der Waals surface area (Å²) in [6, 6.07) is 13.9. The lowest BCUT2D eigenvalue weighted by atomic mass is 10.1. The molecule has 0 saturated heterocycles. The summed E-state index contributed by atoms with van der Waals surface area (Å²) < 4.78 is 50.4. The molecule has 0 aliphatic heterocycles. The number of aromatic nitrogens is 1. The van der Waals surface area contributed by atoms with Crippen molar-refractivity contribution in [3.8, 4) is 11.3 Å². The van der Waals surface area contributed by atoms with Crippen LogP contribution >= 0.6 is 11.6 Å². The highest BCUT2D eigenvalue weighted by Gasteiger charge is 2.44. The lowest BCUT2D eigenvalue weighted by Gasteiger charge is -2.21. The van der Waals surface area contributed by atoms with Crippen molar-refractivity contribution in [2.45, 2.75) is 31.5 Å². The van der Waals surface area contributed by atoms with Gasteiger partial charge in [0, 0.05) is 17.0 Å². The molecule has 0 radical (unpaired) electrons. The summed E-state index contributed by atoms with van der Waals surface area (Å²) in [5.74, 6) is 0.542. The van der Waals surface area contributed by atoms with Crippen LogP contribution in [0.15, 0.2) is 59.1 Å². The number of benzene rings is 2. The van der Waals surface area contributed by atoms with Crippen LogP contribution in [0.5, 0.6) is 0 Å². The summed E-state index contributed by atoms with van der Waals surface area (Å²) in [5, 5.41) is 6.27. The summed E-state index contributed by atoms with van der Waals surface area (Å²) in [5.41, 5.74) is 1.82. The van der Waals surface area contributed by atoms with Gasteiger partial charge in [-0.1, -0.05) is 66.7 Å². The Morgan fingerprint density at radius 1 is 1.17 bits per heavy atom. The molecule has 1 atom stereocenters. The standard InChI is InChI=1S/C21H18ClF3N2O3/c1-2-16-17(18(30-27-16)14-10-8-13(12-22)9-11-14)26-20(28)29-19(21(23,24)25)15-6-4-3-5-7-15/h3-11,19H,2,12H2,1H3,(H,26,28). The topological polar surface area (TPSA) is 64.4 Å². The van der Waals surface area contributed by atoms with Gasteiger partial charge in [0.05, 0.1) is 0 Å². The summed E-state index contributed by atoms with van der Waals surface area (Å²) in [6.07, 6.45) is -8.06. The summed E-state index contributed by atoms with van der Waals surface area (Å²) >= 11 is 5.79. The van der Waals surface area contributed by atoms with Crippen molar-refractivity contribution in [1.82, 2.24) is 5.16 Å². The van der Waals surface area contributed by atoms with E-state index in [0.717, 1.165) is 5.56 Å². The zero-order valence-electron chi connectivity index (χ0n) is 15.9. The minimum Gasteiger partial charge on any atom is -0.431 e. The lowest BCUT2D eigenvalue weighted by molar-refractivity contribution is -0.205. The number of nitrogens with one attached hydrogen (secondary N) is 1. The van der Waals surface area contributed by atoms with Gasteiger partial charge in [0.25, 0.3) is 0 Å². The smallest absolute Gasteiger partial charge is 0.429 e. The first-order valence-electron chi connectivity index (χ1n) is 9.06. The molecule has 30 heavy (non-hydrogen) atoms. The molecule has 3 rings (SSSR count). The van der Waals surface area contributed by atoms with E-state index in [9.17, 15) is 18.0 Å². The third-order valence-electron chi connectivity index (χ3n) is 4.32. The predicted molar refractivity (Wildman–Crippen MR) is 106 cm³/mol. The summed E-state index contributed by atoms with van der Waals surface area (Å²) in [4.78, 5) is 12.4. The second-order valence-electron chi connectivity index (χ2n) is 6.38. The molecule has 5 nitrogen and oxygen atoms in total. The van der Waals surface area contributed by atoms with E-state index in [1.54, 1.807) is 37.3 Å². The maximum absolute atomic E-state index is 13.5. The Morgan fingerprint density at radius 2 is 1.83 bits per heavy atom. The van der Waals surface area contributed by atoms with E-state index in [0.29, 0.717) is 23.6 Å². The van der Waals surface area contributed by atoms with E-state index in [1.165, 1.54) is 24.3 Å². The Labute approximate surface area is 175 Å². The minimum atomic E-state index is -4.78. The molecule has 1 unspecified atom stereocenters. The molecule has 2 aromatic carbocycles. The largest absolute Gasteiger partial charge is 0.431 e. The quantitative estimate of drug-likeness (QED) is 0.446. The lowest BCUT2D eigenvalue weighted by Crippen LogP contribution is -2.28. The Hall–Kier alpha value is -3.00. The van der Waals surface area contributed by atoms with Gasteiger partial charge in [-0.25, -0.2) is 4.79 Å². The molecule has 1 N–H and O–H groups in total. The van der Waals surface area contributed by atoms with Gasteiger partial charge in [-0.3, -0.25) is 5.32 Å². The number of hydrogen-bond donors (Lipinski definition) is 1. The van der Waals surface area contributed by atoms with Crippen LogP contribution in [-0.2, 0) is 17.0 Å². The Kier molecular flexibility index (Phi) is 6.66. The Bertz CT molecular complexity index is 989. The van der Waals surface area contributed by atoms with Crippen molar-refractivity contribution in [1.29, 1.82) is 0 Å². The van der Waals surface area contributed by atoms with Crippen LogP contribution in [0.3, 0.4) is 0 Å².